The Morgan fingerprint density at radius 2 is 1.47 bits per heavy atom. The molecule has 0 saturated carbocycles. The molecule has 202 valence electrons. The highest BCUT2D eigenvalue weighted by Gasteiger charge is 2.26. The molecule has 0 aliphatic carbocycles. The fraction of sp³-hybridized carbons (Fsp3) is 0.310. The summed E-state index contributed by atoms with van der Waals surface area (Å²) >= 11 is 6.02. The first-order valence-corrected chi connectivity index (χ1v) is 14.5. The van der Waals surface area contributed by atoms with Crippen molar-refractivity contribution in [1.29, 1.82) is 0 Å². The van der Waals surface area contributed by atoms with Crippen LogP contribution in [0, 0.1) is 0 Å². The van der Waals surface area contributed by atoms with E-state index in [1.807, 2.05) is 42.5 Å². The number of amides is 2. The average Bonchev–Trinajstić information content (AvgIpc) is 2.91. The number of halogens is 1. The van der Waals surface area contributed by atoms with Gasteiger partial charge in [-0.2, -0.15) is 0 Å². The van der Waals surface area contributed by atoms with E-state index in [-0.39, 0.29) is 29.7 Å². The molecule has 1 unspecified atom stereocenters. The van der Waals surface area contributed by atoms with Gasteiger partial charge in [-0.15, -0.1) is 0 Å². The third kappa shape index (κ3) is 8.68. The molecule has 38 heavy (non-hydrogen) atoms. The van der Waals surface area contributed by atoms with Crippen LogP contribution in [0.25, 0.3) is 0 Å². The minimum absolute atomic E-state index is 0.171. The summed E-state index contributed by atoms with van der Waals surface area (Å²) in [5.41, 5.74) is 2.82. The largest absolute Gasteiger partial charge is 0.354 e. The normalized spacial score (nSPS) is 12.1. The smallest absolute Gasteiger partial charge is 0.242 e. The maximum absolute atomic E-state index is 13.4. The molecule has 9 heteroatoms. The van der Waals surface area contributed by atoms with Crippen molar-refractivity contribution in [2.24, 2.45) is 0 Å². The monoisotopic (exact) mass is 555 g/mol. The van der Waals surface area contributed by atoms with Crippen molar-refractivity contribution < 1.29 is 18.0 Å². The lowest BCUT2D eigenvalue weighted by atomic mass is 10.1. The van der Waals surface area contributed by atoms with Crippen LogP contribution >= 0.6 is 11.6 Å². The molecule has 0 saturated heterocycles. The van der Waals surface area contributed by atoms with Gasteiger partial charge in [0.25, 0.3) is 0 Å². The Morgan fingerprint density at radius 1 is 0.868 bits per heavy atom. The molecule has 0 aliphatic heterocycles. The second kappa shape index (κ2) is 14.1. The highest BCUT2D eigenvalue weighted by Crippen LogP contribution is 2.17. The number of carbonyl (C=O) groups is 2. The average molecular weight is 556 g/mol. The summed E-state index contributed by atoms with van der Waals surface area (Å²) in [5.74, 6) is -0.392. The van der Waals surface area contributed by atoms with Crippen molar-refractivity contribution in [3.8, 4) is 0 Å². The van der Waals surface area contributed by atoms with Gasteiger partial charge in [0.1, 0.15) is 6.04 Å². The van der Waals surface area contributed by atoms with Gasteiger partial charge >= 0.3 is 0 Å². The summed E-state index contributed by atoms with van der Waals surface area (Å²) in [4.78, 5) is 28.1. The zero-order valence-corrected chi connectivity index (χ0v) is 23.3. The van der Waals surface area contributed by atoms with Crippen LogP contribution in [-0.2, 0) is 39.0 Å². The first-order chi connectivity index (χ1) is 18.2. The molecule has 3 aromatic rings. The second-order valence-electron chi connectivity index (χ2n) is 9.00. The molecule has 0 heterocycles. The Kier molecular flexibility index (Phi) is 10.9. The molecule has 3 aromatic carbocycles. The predicted octanol–water partition coefficient (Wildman–Crippen LogP) is 4.35. The van der Waals surface area contributed by atoms with Crippen LogP contribution in [0.1, 0.15) is 37.0 Å². The van der Waals surface area contributed by atoms with Crippen LogP contribution in [0.15, 0.2) is 83.8 Å². The Hall–Kier alpha value is -3.20. The van der Waals surface area contributed by atoms with E-state index in [0.717, 1.165) is 16.7 Å². The molecule has 3 rings (SSSR count). The molecular weight excluding hydrogens is 522 g/mol. The minimum atomic E-state index is -3.53. The summed E-state index contributed by atoms with van der Waals surface area (Å²) < 4.78 is 26.8. The van der Waals surface area contributed by atoms with Crippen LogP contribution in [0.2, 0.25) is 5.02 Å². The van der Waals surface area contributed by atoms with Crippen molar-refractivity contribution in [2.75, 3.05) is 13.1 Å². The lowest BCUT2D eigenvalue weighted by molar-refractivity contribution is -0.140. The van der Waals surface area contributed by atoms with E-state index < -0.39 is 16.1 Å². The first kappa shape index (κ1) is 29.4. The number of carbonyl (C=O) groups excluding carboxylic acids is 2. The van der Waals surface area contributed by atoms with Crippen LogP contribution in [-0.4, -0.2) is 44.3 Å². The maximum atomic E-state index is 13.4. The van der Waals surface area contributed by atoms with E-state index in [0.29, 0.717) is 31.0 Å². The summed E-state index contributed by atoms with van der Waals surface area (Å²) in [6.07, 6.45) is 1.29. The van der Waals surface area contributed by atoms with Gasteiger partial charge < -0.3 is 10.2 Å². The summed E-state index contributed by atoms with van der Waals surface area (Å²) in [6, 6.07) is 22.9. The molecule has 1 atom stereocenters. The van der Waals surface area contributed by atoms with Gasteiger partial charge in [0.15, 0.2) is 0 Å². The molecule has 0 bridgehead atoms. The molecule has 7 nitrogen and oxygen atoms in total. The second-order valence-corrected chi connectivity index (χ2v) is 11.2. The SMILES string of the molecule is CCNS(=O)(=O)c1ccc(CCC(=O)N(Cc2ccc(Cl)cc2)C(C)C(=O)NCCc2ccccc2)cc1. The zero-order valence-electron chi connectivity index (χ0n) is 21.7. The number of nitrogens with one attached hydrogen (secondary N) is 2. The fourth-order valence-corrected chi connectivity index (χ4v) is 5.16. The molecule has 0 radical (unpaired) electrons. The molecule has 0 aliphatic rings. The van der Waals surface area contributed by atoms with Gasteiger partial charge in [-0.1, -0.05) is 73.1 Å². The Balaban J connectivity index is 1.66. The van der Waals surface area contributed by atoms with Crippen molar-refractivity contribution in [3.63, 3.8) is 0 Å². The van der Waals surface area contributed by atoms with Gasteiger partial charge in [-0.3, -0.25) is 9.59 Å². The minimum Gasteiger partial charge on any atom is -0.354 e. The predicted molar refractivity (Wildman–Crippen MR) is 150 cm³/mol. The van der Waals surface area contributed by atoms with E-state index in [1.54, 1.807) is 43.0 Å². The molecule has 2 N–H and O–H groups in total. The Labute approximate surface area is 230 Å². The molecule has 0 spiro atoms. The number of aryl methyl sites for hydroxylation is 1. The van der Waals surface area contributed by atoms with Crippen LogP contribution in [0.5, 0.6) is 0 Å². The van der Waals surface area contributed by atoms with E-state index in [4.69, 9.17) is 11.6 Å². The molecular formula is C29H34ClN3O4S. The maximum Gasteiger partial charge on any atom is 0.242 e. The summed E-state index contributed by atoms with van der Waals surface area (Å²) in [5, 5.41) is 3.54. The number of nitrogens with zero attached hydrogens (tertiary/aromatic N) is 1. The van der Waals surface area contributed by atoms with Crippen LogP contribution < -0.4 is 10.0 Å². The zero-order chi connectivity index (χ0) is 27.5. The Morgan fingerprint density at radius 3 is 2.11 bits per heavy atom. The van der Waals surface area contributed by atoms with Gasteiger partial charge in [0, 0.05) is 31.1 Å². The quantitative estimate of drug-likeness (QED) is 0.328. The first-order valence-electron chi connectivity index (χ1n) is 12.6. The Bertz CT molecular complexity index is 1300. The number of rotatable bonds is 13. The van der Waals surface area contributed by atoms with Gasteiger partial charge in [0.2, 0.25) is 21.8 Å². The fourth-order valence-electron chi connectivity index (χ4n) is 4.00. The van der Waals surface area contributed by atoms with Crippen molar-refractivity contribution >= 4 is 33.4 Å². The lowest BCUT2D eigenvalue weighted by Gasteiger charge is -2.29. The van der Waals surface area contributed by atoms with Crippen molar-refractivity contribution in [3.05, 3.63) is 101 Å². The van der Waals surface area contributed by atoms with Crippen LogP contribution in [0.3, 0.4) is 0 Å². The highest BCUT2D eigenvalue weighted by molar-refractivity contribution is 7.89. The van der Waals surface area contributed by atoms with E-state index >= 15 is 0 Å². The number of hydrogen-bond acceptors (Lipinski definition) is 4. The highest BCUT2D eigenvalue weighted by atomic mass is 35.5. The van der Waals surface area contributed by atoms with Crippen LogP contribution in [0.4, 0.5) is 0 Å². The number of hydrogen-bond donors (Lipinski definition) is 2. The lowest BCUT2D eigenvalue weighted by Crippen LogP contribution is -2.48. The third-order valence-corrected chi connectivity index (χ3v) is 8.00. The van der Waals surface area contributed by atoms with Crippen molar-refractivity contribution in [2.45, 2.75) is 50.6 Å². The van der Waals surface area contributed by atoms with E-state index in [1.165, 1.54) is 12.1 Å². The van der Waals surface area contributed by atoms with Gasteiger partial charge in [-0.05, 0) is 60.7 Å². The summed E-state index contributed by atoms with van der Waals surface area (Å²) in [7, 11) is -3.53. The number of benzene rings is 3. The number of sulfonamides is 1. The van der Waals surface area contributed by atoms with Gasteiger partial charge in [-0.25, -0.2) is 13.1 Å². The summed E-state index contributed by atoms with van der Waals surface area (Å²) in [6.45, 7) is 4.49. The van der Waals surface area contributed by atoms with E-state index in [9.17, 15) is 18.0 Å². The molecule has 2 amide bonds. The molecule has 0 aromatic heterocycles. The van der Waals surface area contributed by atoms with Gasteiger partial charge in [0.05, 0.1) is 4.90 Å². The topological polar surface area (TPSA) is 95.6 Å². The molecule has 0 fully saturated rings. The standard InChI is InChI=1S/C29H34ClN3O4S/c1-3-32-38(36,37)27-16-11-24(12-17-27)13-18-28(34)33(21-25-9-14-26(30)15-10-25)22(2)29(35)31-20-19-23-7-5-4-6-8-23/h4-12,14-17,22,32H,3,13,18-21H2,1-2H3,(H,31,35). The van der Waals surface area contributed by atoms with E-state index in [2.05, 4.69) is 10.0 Å². The third-order valence-electron chi connectivity index (χ3n) is 6.18. The van der Waals surface area contributed by atoms with Crippen molar-refractivity contribution in [1.82, 2.24) is 14.9 Å².